The fourth-order valence-corrected chi connectivity index (χ4v) is 2.27. The molecule has 0 fully saturated rings. The summed E-state index contributed by atoms with van der Waals surface area (Å²) in [6.07, 6.45) is 0. The van der Waals surface area contributed by atoms with Crippen LogP contribution < -0.4 is 9.05 Å². The third-order valence-corrected chi connectivity index (χ3v) is 3.22. The van der Waals surface area contributed by atoms with Gasteiger partial charge in [-0.1, -0.05) is 12.1 Å². The van der Waals surface area contributed by atoms with Gasteiger partial charge in [0.2, 0.25) is 0 Å². The lowest BCUT2D eigenvalue weighted by Gasteiger charge is -2.14. The normalized spacial score (nSPS) is 13.2. The van der Waals surface area contributed by atoms with Gasteiger partial charge in [0, 0.05) is 12.1 Å². The molecule has 8 nitrogen and oxygen atoms in total. The van der Waals surface area contributed by atoms with Gasteiger partial charge in [0.1, 0.15) is 5.75 Å². The van der Waals surface area contributed by atoms with Gasteiger partial charge < -0.3 is 14.2 Å². The number of nitrogens with zero attached hydrogens (tertiary/aromatic N) is 1. The number of hydrogen-bond acceptors (Lipinski definition) is 6. The van der Waals surface area contributed by atoms with E-state index in [2.05, 4.69) is 0 Å². The second-order valence-corrected chi connectivity index (χ2v) is 5.17. The molecule has 0 amide bonds. The van der Waals surface area contributed by atoms with Crippen molar-refractivity contribution in [3.8, 4) is 17.2 Å². The molecule has 0 aromatic heterocycles. The molecule has 2 aromatic carbocycles. The predicted octanol–water partition coefficient (Wildman–Crippen LogP) is 2.86. The first-order valence-electron chi connectivity index (χ1n) is 5.62. The summed E-state index contributed by atoms with van der Waals surface area (Å²) in [5.74, 6) is -0.619. The Bertz CT molecular complexity index is 701. The standard InChI is InChI=1S/C12H10NO7P/c14-11-3-1-2-4-12(11)20-21(17,18)19-10-7-5-9(6-8-10)13(15)16/h1-8,14H,(H,17,18). The van der Waals surface area contributed by atoms with Crippen LogP contribution in [0.15, 0.2) is 48.5 Å². The molecule has 0 bridgehead atoms. The molecule has 0 aliphatic carbocycles. The number of nitro groups is 1. The maximum atomic E-state index is 11.8. The average molecular weight is 311 g/mol. The molecule has 0 aliphatic rings. The lowest BCUT2D eigenvalue weighted by molar-refractivity contribution is -0.384. The zero-order valence-corrected chi connectivity index (χ0v) is 11.3. The number of aromatic hydroxyl groups is 1. The summed E-state index contributed by atoms with van der Waals surface area (Å²) < 4.78 is 21.3. The number of hydrogen-bond donors (Lipinski definition) is 2. The third kappa shape index (κ3) is 3.95. The van der Waals surface area contributed by atoms with Crippen LogP contribution in [0.5, 0.6) is 17.2 Å². The van der Waals surface area contributed by atoms with Gasteiger partial charge in [0.15, 0.2) is 11.5 Å². The van der Waals surface area contributed by atoms with Gasteiger partial charge in [0.25, 0.3) is 5.69 Å². The van der Waals surface area contributed by atoms with E-state index in [4.69, 9.17) is 9.05 Å². The number of rotatable bonds is 5. The Balaban J connectivity index is 2.12. The minimum atomic E-state index is -4.53. The van der Waals surface area contributed by atoms with Crippen molar-refractivity contribution in [1.29, 1.82) is 0 Å². The van der Waals surface area contributed by atoms with Crippen LogP contribution in [-0.4, -0.2) is 14.9 Å². The Morgan fingerprint density at radius 1 is 1.05 bits per heavy atom. The summed E-state index contributed by atoms with van der Waals surface area (Å²) in [4.78, 5) is 19.5. The molecule has 0 saturated heterocycles. The molecular formula is C12H10NO7P. The zero-order valence-electron chi connectivity index (χ0n) is 10.4. The first-order valence-corrected chi connectivity index (χ1v) is 7.11. The highest BCUT2D eigenvalue weighted by Crippen LogP contribution is 2.46. The Kier molecular flexibility index (Phi) is 4.11. The van der Waals surface area contributed by atoms with E-state index in [-0.39, 0.29) is 22.9 Å². The fourth-order valence-electron chi connectivity index (χ4n) is 1.44. The van der Waals surface area contributed by atoms with Crippen LogP contribution in [0, 0.1) is 10.1 Å². The number of nitro benzene ring substituents is 1. The fraction of sp³-hybridized carbons (Fsp3) is 0. The van der Waals surface area contributed by atoms with E-state index in [1.807, 2.05) is 0 Å². The predicted molar refractivity (Wildman–Crippen MR) is 72.3 cm³/mol. The van der Waals surface area contributed by atoms with Gasteiger partial charge in [0.05, 0.1) is 4.92 Å². The second kappa shape index (κ2) is 5.82. The van der Waals surface area contributed by atoms with E-state index in [0.717, 1.165) is 24.3 Å². The first-order chi connectivity index (χ1) is 9.87. The monoisotopic (exact) mass is 311 g/mol. The maximum Gasteiger partial charge on any atom is 0.585 e. The molecule has 2 rings (SSSR count). The minimum Gasteiger partial charge on any atom is -0.504 e. The zero-order chi connectivity index (χ0) is 15.5. The molecule has 0 radical (unpaired) electrons. The van der Waals surface area contributed by atoms with Crippen molar-refractivity contribution in [2.24, 2.45) is 0 Å². The van der Waals surface area contributed by atoms with E-state index in [1.54, 1.807) is 0 Å². The number of phenolic OH excluding ortho intramolecular Hbond substituents is 1. The van der Waals surface area contributed by atoms with Crippen molar-refractivity contribution in [1.82, 2.24) is 0 Å². The van der Waals surface area contributed by atoms with E-state index < -0.39 is 12.7 Å². The highest BCUT2D eigenvalue weighted by molar-refractivity contribution is 7.48. The molecule has 21 heavy (non-hydrogen) atoms. The van der Waals surface area contributed by atoms with Crippen LogP contribution in [0.2, 0.25) is 0 Å². The number of phosphoric ester groups is 1. The number of benzene rings is 2. The molecule has 2 aromatic rings. The minimum absolute atomic E-state index is 0.0816. The Hall–Kier alpha value is -2.57. The smallest absolute Gasteiger partial charge is 0.504 e. The van der Waals surface area contributed by atoms with Crippen molar-refractivity contribution >= 4 is 13.5 Å². The van der Waals surface area contributed by atoms with Crippen LogP contribution in [0.1, 0.15) is 0 Å². The van der Waals surface area contributed by atoms with Gasteiger partial charge in [-0.15, -0.1) is 0 Å². The molecule has 0 spiro atoms. The van der Waals surface area contributed by atoms with Crippen molar-refractivity contribution < 1.29 is 28.5 Å². The number of phenols is 1. The third-order valence-electron chi connectivity index (χ3n) is 2.35. The molecule has 2 N–H and O–H groups in total. The van der Waals surface area contributed by atoms with Gasteiger partial charge >= 0.3 is 7.82 Å². The van der Waals surface area contributed by atoms with Crippen molar-refractivity contribution in [2.45, 2.75) is 0 Å². The first kappa shape index (κ1) is 14.8. The van der Waals surface area contributed by atoms with E-state index in [1.165, 1.54) is 24.3 Å². The van der Waals surface area contributed by atoms with E-state index >= 15 is 0 Å². The maximum absolute atomic E-state index is 11.8. The SMILES string of the molecule is O=[N+]([O-])c1ccc(OP(=O)(O)Oc2ccccc2O)cc1. The summed E-state index contributed by atoms with van der Waals surface area (Å²) >= 11 is 0. The number of phosphoric acid groups is 1. The number of non-ortho nitro benzene ring substituents is 1. The van der Waals surface area contributed by atoms with Crippen LogP contribution in [0.25, 0.3) is 0 Å². The molecular weight excluding hydrogens is 301 g/mol. The quantitative estimate of drug-likeness (QED) is 0.495. The lowest BCUT2D eigenvalue weighted by Crippen LogP contribution is -2.00. The summed E-state index contributed by atoms with van der Waals surface area (Å²) in [5, 5.41) is 19.9. The van der Waals surface area contributed by atoms with Crippen LogP contribution in [-0.2, 0) is 4.57 Å². The topological polar surface area (TPSA) is 119 Å². The summed E-state index contributed by atoms with van der Waals surface area (Å²) in [6.45, 7) is 0. The Morgan fingerprint density at radius 3 is 2.24 bits per heavy atom. The van der Waals surface area contributed by atoms with Gasteiger partial charge in [-0.2, -0.15) is 0 Å². The molecule has 1 atom stereocenters. The molecule has 9 heteroatoms. The highest BCUT2D eigenvalue weighted by atomic mass is 31.2. The van der Waals surface area contributed by atoms with Gasteiger partial charge in [-0.3, -0.25) is 15.0 Å². The molecule has 0 heterocycles. The summed E-state index contributed by atoms with van der Waals surface area (Å²) in [6, 6.07) is 10.1. The van der Waals surface area contributed by atoms with Crippen LogP contribution >= 0.6 is 7.82 Å². The van der Waals surface area contributed by atoms with Gasteiger partial charge in [-0.25, -0.2) is 4.57 Å². The molecule has 0 saturated carbocycles. The Labute approximate surface area is 119 Å². The molecule has 1 unspecified atom stereocenters. The van der Waals surface area contributed by atoms with Crippen molar-refractivity contribution in [3.63, 3.8) is 0 Å². The molecule has 0 aliphatic heterocycles. The van der Waals surface area contributed by atoms with Crippen LogP contribution in [0.4, 0.5) is 5.69 Å². The molecule has 110 valence electrons. The highest BCUT2D eigenvalue weighted by Gasteiger charge is 2.26. The lowest BCUT2D eigenvalue weighted by atomic mass is 10.3. The van der Waals surface area contributed by atoms with Crippen molar-refractivity contribution in [2.75, 3.05) is 0 Å². The average Bonchev–Trinajstić information content (AvgIpc) is 2.41. The van der Waals surface area contributed by atoms with Crippen molar-refractivity contribution in [3.05, 3.63) is 58.6 Å². The summed E-state index contributed by atoms with van der Waals surface area (Å²) in [7, 11) is -4.53. The van der Waals surface area contributed by atoms with Gasteiger partial charge in [-0.05, 0) is 24.3 Å². The van der Waals surface area contributed by atoms with E-state index in [9.17, 15) is 24.7 Å². The second-order valence-electron chi connectivity index (χ2n) is 3.87. The summed E-state index contributed by atoms with van der Waals surface area (Å²) in [5.41, 5.74) is -0.184. The largest absolute Gasteiger partial charge is 0.585 e. The Morgan fingerprint density at radius 2 is 1.67 bits per heavy atom. The number of para-hydroxylation sites is 2. The van der Waals surface area contributed by atoms with Crippen LogP contribution in [0.3, 0.4) is 0 Å². The van der Waals surface area contributed by atoms with E-state index in [0.29, 0.717) is 0 Å².